The lowest BCUT2D eigenvalue weighted by Gasteiger charge is -2.22. The highest BCUT2D eigenvalue weighted by molar-refractivity contribution is 5.83. The molecule has 2 N–H and O–H groups in total. The molecule has 1 fully saturated rings. The van der Waals surface area contributed by atoms with Crippen LogP contribution >= 0.6 is 0 Å². The number of amides is 1. The molecule has 0 saturated carbocycles. The first kappa shape index (κ1) is 16.5. The van der Waals surface area contributed by atoms with Crippen molar-refractivity contribution in [2.45, 2.75) is 38.1 Å². The molecular formula is C17H23NO4. The fraction of sp³-hybridized carbons (Fsp3) is 0.529. The predicted octanol–water partition coefficient (Wildman–Crippen LogP) is 2.01. The van der Waals surface area contributed by atoms with E-state index in [0.717, 1.165) is 38.0 Å². The standard InChI is InChI=1S/C17H23NO4/c19-16(7-6-13-8-10-22-11-9-13)18-15(17(20)21)12-14-4-2-1-3-5-14/h1-5,13,15H,6-12H2,(H,18,19)(H,20,21). The van der Waals surface area contributed by atoms with Gasteiger partial charge in [-0.3, -0.25) is 4.79 Å². The van der Waals surface area contributed by atoms with Crippen LogP contribution in [0.5, 0.6) is 0 Å². The number of hydrogen-bond acceptors (Lipinski definition) is 3. The van der Waals surface area contributed by atoms with Crippen LogP contribution in [0.4, 0.5) is 0 Å². The number of carboxylic acid groups (broad SMARTS) is 1. The monoisotopic (exact) mass is 305 g/mol. The van der Waals surface area contributed by atoms with Gasteiger partial charge in [0.05, 0.1) is 0 Å². The first-order valence-electron chi connectivity index (χ1n) is 7.79. The average molecular weight is 305 g/mol. The first-order valence-corrected chi connectivity index (χ1v) is 7.79. The highest BCUT2D eigenvalue weighted by Crippen LogP contribution is 2.19. The van der Waals surface area contributed by atoms with Crippen molar-refractivity contribution in [3.8, 4) is 0 Å². The number of ether oxygens (including phenoxy) is 1. The summed E-state index contributed by atoms with van der Waals surface area (Å²) < 4.78 is 5.29. The molecule has 1 amide bonds. The van der Waals surface area contributed by atoms with Crippen molar-refractivity contribution >= 4 is 11.9 Å². The van der Waals surface area contributed by atoms with E-state index in [2.05, 4.69) is 5.32 Å². The lowest BCUT2D eigenvalue weighted by atomic mass is 9.94. The van der Waals surface area contributed by atoms with Gasteiger partial charge >= 0.3 is 5.97 Å². The van der Waals surface area contributed by atoms with Crippen molar-refractivity contribution in [2.24, 2.45) is 5.92 Å². The molecule has 0 spiro atoms. The summed E-state index contributed by atoms with van der Waals surface area (Å²) in [6.45, 7) is 1.52. The second-order valence-electron chi connectivity index (χ2n) is 5.74. The molecule has 0 radical (unpaired) electrons. The second kappa shape index (κ2) is 8.54. The maximum absolute atomic E-state index is 12.0. The molecule has 1 aliphatic heterocycles. The van der Waals surface area contributed by atoms with E-state index in [1.54, 1.807) is 0 Å². The van der Waals surface area contributed by atoms with E-state index in [9.17, 15) is 14.7 Å². The van der Waals surface area contributed by atoms with E-state index in [1.807, 2.05) is 30.3 Å². The van der Waals surface area contributed by atoms with Crippen molar-refractivity contribution in [2.75, 3.05) is 13.2 Å². The molecule has 1 saturated heterocycles. The Kier molecular flexibility index (Phi) is 6.40. The highest BCUT2D eigenvalue weighted by Gasteiger charge is 2.21. The maximum Gasteiger partial charge on any atom is 0.326 e. The van der Waals surface area contributed by atoms with Crippen LogP contribution in [-0.4, -0.2) is 36.2 Å². The van der Waals surface area contributed by atoms with Gasteiger partial charge in [-0.2, -0.15) is 0 Å². The van der Waals surface area contributed by atoms with Crippen LogP contribution < -0.4 is 5.32 Å². The molecule has 2 rings (SSSR count). The lowest BCUT2D eigenvalue weighted by Crippen LogP contribution is -2.42. The molecule has 1 heterocycles. The van der Waals surface area contributed by atoms with E-state index in [-0.39, 0.29) is 5.91 Å². The second-order valence-corrected chi connectivity index (χ2v) is 5.74. The number of benzene rings is 1. The average Bonchev–Trinajstić information content (AvgIpc) is 2.54. The van der Waals surface area contributed by atoms with E-state index in [1.165, 1.54) is 0 Å². The zero-order valence-corrected chi connectivity index (χ0v) is 12.7. The minimum atomic E-state index is -0.997. The summed E-state index contributed by atoms with van der Waals surface area (Å²) in [5, 5.41) is 11.9. The molecule has 1 unspecified atom stereocenters. The van der Waals surface area contributed by atoms with Crippen molar-refractivity contribution in [3.63, 3.8) is 0 Å². The molecule has 5 heteroatoms. The fourth-order valence-corrected chi connectivity index (χ4v) is 2.69. The molecule has 1 aromatic carbocycles. The van der Waals surface area contributed by atoms with E-state index in [0.29, 0.717) is 18.8 Å². The van der Waals surface area contributed by atoms with E-state index in [4.69, 9.17) is 4.74 Å². The lowest BCUT2D eigenvalue weighted by molar-refractivity contribution is -0.141. The zero-order valence-electron chi connectivity index (χ0n) is 12.7. The van der Waals surface area contributed by atoms with Gasteiger partial charge < -0.3 is 15.2 Å². The van der Waals surface area contributed by atoms with Gasteiger partial charge in [0, 0.05) is 26.1 Å². The van der Waals surface area contributed by atoms with Crippen LogP contribution in [0.15, 0.2) is 30.3 Å². The Morgan fingerprint density at radius 2 is 1.91 bits per heavy atom. The third-order valence-electron chi connectivity index (χ3n) is 4.04. The molecule has 1 aliphatic rings. The van der Waals surface area contributed by atoms with Gasteiger partial charge in [-0.25, -0.2) is 4.79 Å². The Balaban J connectivity index is 1.79. The Bertz CT molecular complexity index is 483. The van der Waals surface area contributed by atoms with Gasteiger partial charge in [0.1, 0.15) is 6.04 Å². The number of aliphatic carboxylic acids is 1. The van der Waals surface area contributed by atoms with Gasteiger partial charge in [0.2, 0.25) is 5.91 Å². The highest BCUT2D eigenvalue weighted by atomic mass is 16.5. The summed E-state index contributed by atoms with van der Waals surface area (Å²) >= 11 is 0. The maximum atomic E-state index is 12.0. The Labute approximate surface area is 130 Å². The third kappa shape index (κ3) is 5.48. The van der Waals surface area contributed by atoms with Crippen LogP contribution in [0, 0.1) is 5.92 Å². The summed E-state index contributed by atoms with van der Waals surface area (Å²) in [6, 6.07) is 8.46. The summed E-state index contributed by atoms with van der Waals surface area (Å²) in [7, 11) is 0. The minimum Gasteiger partial charge on any atom is -0.480 e. The van der Waals surface area contributed by atoms with Crippen LogP contribution in [0.25, 0.3) is 0 Å². The van der Waals surface area contributed by atoms with Crippen LogP contribution in [0.1, 0.15) is 31.2 Å². The quantitative estimate of drug-likeness (QED) is 0.808. The van der Waals surface area contributed by atoms with Gasteiger partial charge in [-0.15, -0.1) is 0 Å². The van der Waals surface area contributed by atoms with Crippen LogP contribution in [0.2, 0.25) is 0 Å². The van der Waals surface area contributed by atoms with Crippen molar-refractivity contribution < 1.29 is 19.4 Å². The molecule has 1 atom stereocenters. The SMILES string of the molecule is O=C(CCC1CCOCC1)NC(Cc1ccccc1)C(=O)O. The summed E-state index contributed by atoms with van der Waals surface area (Å²) in [6.07, 6.45) is 3.45. The molecule has 0 aromatic heterocycles. The molecule has 5 nitrogen and oxygen atoms in total. The summed E-state index contributed by atoms with van der Waals surface area (Å²) in [5.74, 6) is -0.671. The Hall–Kier alpha value is -1.88. The summed E-state index contributed by atoms with van der Waals surface area (Å²) in [5.41, 5.74) is 0.902. The molecule has 0 aliphatic carbocycles. The third-order valence-corrected chi connectivity index (χ3v) is 4.04. The largest absolute Gasteiger partial charge is 0.480 e. The Morgan fingerprint density at radius 3 is 2.55 bits per heavy atom. The predicted molar refractivity (Wildman–Crippen MR) is 82.5 cm³/mol. The normalized spacial score (nSPS) is 16.9. The minimum absolute atomic E-state index is 0.185. The first-order chi connectivity index (χ1) is 10.6. The molecule has 120 valence electrons. The molecule has 0 bridgehead atoms. The van der Waals surface area contributed by atoms with Crippen LogP contribution in [0.3, 0.4) is 0 Å². The van der Waals surface area contributed by atoms with E-state index >= 15 is 0 Å². The number of hydrogen-bond donors (Lipinski definition) is 2. The fourth-order valence-electron chi connectivity index (χ4n) is 2.69. The topological polar surface area (TPSA) is 75.6 Å². The smallest absolute Gasteiger partial charge is 0.326 e. The number of carboxylic acids is 1. The van der Waals surface area contributed by atoms with Gasteiger partial charge in [0.15, 0.2) is 0 Å². The number of carbonyl (C=O) groups excluding carboxylic acids is 1. The number of rotatable bonds is 7. The number of nitrogens with one attached hydrogen (secondary N) is 1. The molecular weight excluding hydrogens is 282 g/mol. The number of carbonyl (C=O) groups is 2. The van der Waals surface area contributed by atoms with Gasteiger partial charge in [-0.1, -0.05) is 30.3 Å². The van der Waals surface area contributed by atoms with Gasteiger partial charge in [-0.05, 0) is 30.7 Å². The summed E-state index contributed by atoms with van der Waals surface area (Å²) in [4.78, 5) is 23.3. The van der Waals surface area contributed by atoms with Crippen molar-refractivity contribution in [3.05, 3.63) is 35.9 Å². The van der Waals surface area contributed by atoms with Crippen molar-refractivity contribution in [1.82, 2.24) is 5.32 Å². The van der Waals surface area contributed by atoms with Crippen molar-refractivity contribution in [1.29, 1.82) is 0 Å². The molecule has 22 heavy (non-hydrogen) atoms. The molecule has 1 aromatic rings. The van der Waals surface area contributed by atoms with Gasteiger partial charge in [0.25, 0.3) is 0 Å². The Morgan fingerprint density at radius 1 is 1.23 bits per heavy atom. The zero-order chi connectivity index (χ0) is 15.8. The van der Waals surface area contributed by atoms with E-state index < -0.39 is 12.0 Å². The van der Waals surface area contributed by atoms with Crippen LogP contribution in [-0.2, 0) is 20.7 Å².